The smallest absolute Gasteiger partial charge is 0.220 e. The van der Waals surface area contributed by atoms with Crippen LogP contribution in [0.5, 0.6) is 11.6 Å². The van der Waals surface area contributed by atoms with Gasteiger partial charge in [0, 0.05) is 84.8 Å². The standard InChI is InChI=1S/C35H37Cl2N5O4/c1-44-30-16-21(6-7-22(30)17-39-20-25-13-15-46-25)34-33(37)27(12-14-40-34)26-4-3-5-28(32(26)36)29-10-8-23(35(42-29)45-2)18-38-19-24-9-11-31(43)41-24/h3-8,10,12,14,16,24-25,38-39H,9,11,13,15,17-20H2,1-2H3,(H,41,43). The number of ether oxygens (including phenoxy) is 3. The number of carbonyl (C=O) groups excluding carboxylic acids is 1. The summed E-state index contributed by atoms with van der Waals surface area (Å²) in [5.74, 6) is 1.37. The number of hydrogen-bond donors (Lipinski definition) is 3. The number of nitrogens with zero attached hydrogens (tertiary/aromatic N) is 2. The number of nitrogens with one attached hydrogen (secondary N) is 3. The lowest BCUT2D eigenvalue weighted by Gasteiger charge is -2.26. The van der Waals surface area contributed by atoms with Crippen LogP contribution >= 0.6 is 23.2 Å². The van der Waals surface area contributed by atoms with Crippen molar-refractivity contribution in [2.24, 2.45) is 0 Å². The number of amides is 1. The minimum absolute atomic E-state index is 0.104. The van der Waals surface area contributed by atoms with Crippen LogP contribution in [-0.2, 0) is 22.6 Å². The third kappa shape index (κ3) is 7.14. The Hall–Kier alpha value is -3.73. The molecule has 2 aliphatic rings. The molecule has 0 bridgehead atoms. The fraction of sp³-hybridized carbons (Fsp3) is 0.343. The van der Waals surface area contributed by atoms with Gasteiger partial charge in [-0.2, -0.15) is 0 Å². The summed E-state index contributed by atoms with van der Waals surface area (Å²) < 4.78 is 16.9. The average molecular weight is 663 g/mol. The Balaban J connectivity index is 1.22. The van der Waals surface area contributed by atoms with Crippen LogP contribution in [0.15, 0.2) is 60.8 Å². The number of benzene rings is 2. The van der Waals surface area contributed by atoms with Gasteiger partial charge in [0.15, 0.2) is 0 Å². The van der Waals surface area contributed by atoms with Crippen molar-refractivity contribution in [1.29, 1.82) is 0 Å². The largest absolute Gasteiger partial charge is 0.496 e. The summed E-state index contributed by atoms with van der Waals surface area (Å²) >= 11 is 14.1. The van der Waals surface area contributed by atoms with Crippen molar-refractivity contribution in [3.05, 3.63) is 82.0 Å². The van der Waals surface area contributed by atoms with Gasteiger partial charge in [0.2, 0.25) is 11.8 Å². The van der Waals surface area contributed by atoms with Gasteiger partial charge in [0.25, 0.3) is 0 Å². The molecule has 0 radical (unpaired) electrons. The minimum atomic E-state index is 0.104. The predicted octanol–water partition coefficient (Wildman–Crippen LogP) is 6.05. The predicted molar refractivity (Wildman–Crippen MR) is 180 cm³/mol. The monoisotopic (exact) mass is 661 g/mol. The van der Waals surface area contributed by atoms with Gasteiger partial charge < -0.3 is 30.2 Å². The second-order valence-electron chi connectivity index (χ2n) is 11.4. The molecule has 11 heteroatoms. The van der Waals surface area contributed by atoms with Gasteiger partial charge in [0.1, 0.15) is 5.75 Å². The van der Waals surface area contributed by atoms with Crippen molar-refractivity contribution in [3.63, 3.8) is 0 Å². The number of pyridine rings is 2. The van der Waals surface area contributed by atoms with E-state index < -0.39 is 0 Å². The van der Waals surface area contributed by atoms with Gasteiger partial charge >= 0.3 is 0 Å². The molecule has 2 unspecified atom stereocenters. The van der Waals surface area contributed by atoms with E-state index >= 15 is 0 Å². The number of hydrogen-bond acceptors (Lipinski definition) is 8. The van der Waals surface area contributed by atoms with E-state index in [0.717, 1.165) is 65.1 Å². The first kappa shape index (κ1) is 32.2. The Morgan fingerprint density at radius 2 is 1.67 bits per heavy atom. The van der Waals surface area contributed by atoms with E-state index in [1.54, 1.807) is 20.4 Å². The van der Waals surface area contributed by atoms with Gasteiger partial charge in [-0.25, -0.2) is 4.98 Å². The van der Waals surface area contributed by atoms with Gasteiger partial charge in [-0.15, -0.1) is 0 Å². The third-order valence-corrected chi connectivity index (χ3v) is 9.21. The zero-order valence-corrected chi connectivity index (χ0v) is 27.4. The van der Waals surface area contributed by atoms with Gasteiger partial charge in [0.05, 0.1) is 41.8 Å². The molecule has 2 saturated heterocycles. The Morgan fingerprint density at radius 1 is 0.913 bits per heavy atom. The molecular formula is C35H37Cl2N5O4. The van der Waals surface area contributed by atoms with Crippen LogP contribution in [0, 0.1) is 0 Å². The lowest BCUT2D eigenvalue weighted by Crippen LogP contribution is -2.36. The number of carbonyl (C=O) groups is 1. The summed E-state index contributed by atoms with van der Waals surface area (Å²) in [6.45, 7) is 3.57. The molecule has 3 N–H and O–H groups in total. The van der Waals surface area contributed by atoms with Crippen molar-refractivity contribution in [2.45, 2.75) is 44.5 Å². The number of halogens is 2. The normalized spacial score (nSPS) is 17.4. The lowest BCUT2D eigenvalue weighted by molar-refractivity contribution is -0.119. The molecule has 2 atom stereocenters. The molecule has 0 aliphatic carbocycles. The summed E-state index contributed by atoms with van der Waals surface area (Å²) in [7, 11) is 3.27. The Bertz CT molecular complexity index is 1710. The number of aromatic nitrogens is 2. The second-order valence-corrected chi connectivity index (χ2v) is 12.2. The fourth-order valence-electron chi connectivity index (χ4n) is 5.78. The fourth-order valence-corrected chi connectivity index (χ4v) is 6.43. The van der Waals surface area contributed by atoms with Gasteiger partial charge in [-0.05, 0) is 31.0 Å². The minimum Gasteiger partial charge on any atom is -0.496 e. The number of methoxy groups -OCH3 is 2. The maximum absolute atomic E-state index is 11.5. The molecule has 1 amide bonds. The van der Waals surface area contributed by atoms with Gasteiger partial charge in [-0.3, -0.25) is 9.78 Å². The first-order valence-corrected chi connectivity index (χ1v) is 16.2. The van der Waals surface area contributed by atoms with E-state index in [1.807, 2.05) is 54.6 Å². The highest BCUT2D eigenvalue weighted by Crippen LogP contribution is 2.42. The van der Waals surface area contributed by atoms with E-state index in [9.17, 15) is 4.79 Å². The molecule has 4 aromatic rings. The van der Waals surface area contributed by atoms with Crippen LogP contribution in [-0.4, -0.2) is 61.9 Å². The first-order chi connectivity index (χ1) is 22.4. The maximum Gasteiger partial charge on any atom is 0.220 e. The van der Waals surface area contributed by atoms with Crippen LogP contribution in [0.1, 0.15) is 30.4 Å². The first-order valence-electron chi connectivity index (χ1n) is 15.4. The Kier molecular flexibility index (Phi) is 10.4. The summed E-state index contributed by atoms with van der Waals surface area (Å²) in [6, 6.07) is 17.7. The van der Waals surface area contributed by atoms with Crippen molar-refractivity contribution >= 4 is 29.1 Å². The summed E-state index contributed by atoms with van der Waals surface area (Å²) in [5, 5.41) is 10.8. The molecule has 2 fully saturated rings. The van der Waals surface area contributed by atoms with Crippen LogP contribution in [0.4, 0.5) is 0 Å². The molecule has 0 saturated carbocycles. The molecule has 0 spiro atoms. The maximum atomic E-state index is 11.5. The van der Waals surface area contributed by atoms with E-state index in [0.29, 0.717) is 59.5 Å². The Labute approximate surface area is 279 Å². The average Bonchev–Trinajstić information content (AvgIpc) is 3.47. The quantitative estimate of drug-likeness (QED) is 0.159. The molecule has 240 valence electrons. The van der Waals surface area contributed by atoms with E-state index in [1.165, 1.54) is 0 Å². The van der Waals surface area contributed by atoms with Crippen molar-refractivity contribution < 1.29 is 19.0 Å². The van der Waals surface area contributed by atoms with Crippen molar-refractivity contribution in [2.75, 3.05) is 33.9 Å². The van der Waals surface area contributed by atoms with E-state index in [-0.39, 0.29) is 11.9 Å². The molecule has 2 aliphatic heterocycles. The Morgan fingerprint density at radius 3 is 2.41 bits per heavy atom. The molecule has 9 nitrogen and oxygen atoms in total. The highest BCUT2D eigenvalue weighted by molar-refractivity contribution is 6.39. The highest BCUT2D eigenvalue weighted by atomic mass is 35.5. The van der Waals surface area contributed by atoms with Crippen molar-refractivity contribution in [3.8, 4) is 45.3 Å². The van der Waals surface area contributed by atoms with Crippen LogP contribution in [0.25, 0.3) is 33.6 Å². The topological polar surface area (TPSA) is 107 Å². The molecular weight excluding hydrogens is 625 g/mol. The second kappa shape index (κ2) is 14.8. The summed E-state index contributed by atoms with van der Waals surface area (Å²) in [5.41, 5.74) is 6.39. The lowest BCUT2D eigenvalue weighted by atomic mass is 9.99. The molecule has 46 heavy (non-hydrogen) atoms. The third-order valence-electron chi connectivity index (χ3n) is 8.42. The van der Waals surface area contributed by atoms with E-state index in [4.69, 9.17) is 42.4 Å². The van der Waals surface area contributed by atoms with Crippen molar-refractivity contribution in [1.82, 2.24) is 25.9 Å². The molecule has 4 heterocycles. The number of rotatable bonds is 13. The van der Waals surface area contributed by atoms with Crippen LogP contribution in [0.3, 0.4) is 0 Å². The molecule has 6 rings (SSSR count). The van der Waals surface area contributed by atoms with Crippen LogP contribution < -0.4 is 25.4 Å². The zero-order chi connectivity index (χ0) is 32.0. The summed E-state index contributed by atoms with van der Waals surface area (Å²) in [6.07, 6.45) is 4.54. The summed E-state index contributed by atoms with van der Waals surface area (Å²) in [4.78, 5) is 20.9. The molecule has 2 aromatic heterocycles. The van der Waals surface area contributed by atoms with Gasteiger partial charge in [-0.1, -0.05) is 59.6 Å². The SMILES string of the molecule is COc1cc(-c2nccc(-c3cccc(-c4ccc(CNCC5CCC(=O)N5)c(OC)n4)c3Cl)c2Cl)ccc1CNCC1CCO1. The highest BCUT2D eigenvalue weighted by Gasteiger charge is 2.22. The van der Waals surface area contributed by atoms with E-state index in [2.05, 4.69) is 20.9 Å². The molecule has 2 aromatic carbocycles. The zero-order valence-electron chi connectivity index (χ0n) is 25.9. The van der Waals surface area contributed by atoms with Crippen LogP contribution in [0.2, 0.25) is 10.0 Å².